The summed E-state index contributed by atoms with van der Waals surface area (Å²) in [6, 6.07) is 5.87. The molecule has 0 amide bonds. The molecule has 0 fully saturated rings. The largest absolute Gasteiger partial charge is 0.270 e. The Kier molecular flexibility index (Phi) is 3.35. The summed E-state index contributed by atoms with van der Waals surface area (Å²) in [6.45, 7) is 6.18. The molecule has 1 heterocycles. The quantitative estimate of drug-likeness (QED) is 0.834. The fraction of sp³-hybridized carbons (Fsp3) is 0.333. The van der Waals surface area contributed by atoms with Crippen LogP contribution in [-0.2, 0) is 0 Å². The lowest BCUT2D eigenvalue weighted by atomic mass is 10.2. The minimum absolute atomic E-state index is 0.277. The molecule has 0 saturated heterocycles. The van der Waals surface area contributed by atoms with Crippen molar-refractivity contribution in [3.8, 4) is 5.69 Å². The molecule has 3 nitrogen and oxygen atoms in total. The van der Waals surface area contributed by atoms with Crippen molar-refractivity contribution < 1.29 is 0 Å². The minimum Gasteiger partial charge on any atom is -0.270 e. The zero-order valence-corrected chi connectivity index (χ0v) is 11.6. The third kappa shape index (κ3) is 2.28. The molecule has 2 aromatic rings. The summed E-state index contributed by atoms with van der Waals surface area (Å²) in [7, 11) is 0. The van der Waals surface area contributed by atoms with E-state index in [4.69, 9.17) is 23.8 Å². The van der Waals surface area contributed by atoms with E-state index in [9.17, 15) is 0 Å². The summed E-state index contributed by atoms with van der Waals surface area (Å²) < 4.78 is 2.47. The minimum atomic E-state index is 0.277. The molecule has 0 atom stereocenters. The molecule has 0 saturated carbocycles. The Labute approximate surface area is 110 Å². The highest BCUT2D eigenvalue weighted by molar-refractivity contribution is 7.71. The second-order valence-electron chi connectivity index (χ2n) is 4.33. The van der Waals surface area contributed by atoms with Crippen molar-refractivity contribution in [1.29, 1.82) is 0 Å². The molecule has 0 unspecified atom stereocenters. The maximum absolute atomic E-state index is 6.23. The van der Waals surface area contributed by atoms with E-state index in [-0.39, 0.29) is 5.92 Å². The molecular formula is C12H14ClN3S. The Hall–Kier alpha value is -1.13. The molecule has 90 valence electrons. The number of nitrogens with zero attached hydrogens (tertiary/aromatic N) is 2. The van der Waals surface area contributed by atoms with Crippen LogP contribution in [0.4, 0.5) is 0 Å². The molecule has 0 spiro atoms. The Balaban J connectivity index is 2.72. The van der Waals surface area contributed by atoms with Crippen LogP contribution in [0, 0.1) is 11.7 Å². The number of halogens is 1. The summed E-state index contributed by atoms with van der Waals surface area (Å²) in [5.74, 6) is 1.17. The van der Waals surface area contributed by atoms with Crippen LogP contribution in [0.1, 0.15) is 31.2 Å². The number of aromatic nitrogens is 3. The molecule has 0 aliphatic heterocycles. The monoisotopic (exact) mass is 267 g/mol. The predicted molar refractivity (Wildman–Crippen MR) is 72.6 cm³/mol. The first-order chi connectivity index (χ1) is 8.00. The Morgan fingerprint density at radius 3 is 2.76 bits per heavy atom. The van der Waals surface area contributed by atoms with Gasteiger partial charge in [0.05, 0.1) is 10.7 Å². The summed E-state index contributed by atoms with van der Waals surface area (Å²) >= 11 is 11.5. The van der Waals surface area contributed by atoms with Crippen LogP contribution >= 0.6 is 23.8 Å². The van der Waals surface area contributed by atoms with Crippen molar-refractivity contribution >= 4 is 23.8 Å². The summed E-state index contributed by atoms with van der Waals surface area (Å²) in [5, 5.41) is 7.75. The fourth-order valence-corrected chi connectivity index (χ4v) is 2.16. The van der Waals surface area contributed by atoms with Gasteiger partial charge in [0, 0.05) is 5.92 Å². The van der Waals surface area contributed by atoms with Crippen LogP contribution in [0.5, 0.6) is 0 Å². The lowest BCUT2D eigenvalue weighted by Crippen LogP contribution is -2.04. The molecule has 5 heteroatoms. The van der Waals surface area contributed by atoms with E-state index in [0.717, 1.165) is 17.1 Å². The highest BCUT2D eigenvalue weighted by atomic mass is 35.5. The second kappa shape index (κ2) is 4.63. The van der Waals surface area contributed by atoms with Crippen LogP contribution < -0.4 is 0 Å². The smallest absolute Gasteiger partial charge is 0.199 e. The van der Waals surface area contributed by atoms with Crippen LogP contribution in [0.15, 0.2) is 18.2 Å². The lowest BCUT2D eigenvalue weighted by Gasteiger charge is -2.11. The zero-order chi connectivity index (χ0) is 12.6. The molecule has 2 rings (SSSR count). The standard InChI is InChI=1S/C12H14ClN3S/c1-7(2)11-14-15-12(17)16(11)10-6-8(3)4-5-9(10)13/h4-7H,1-3H3,(H,15,17). The number of aryl methyl sites for hydroxylation is 1. The molecule has 1 aromatic carbocycles. The van der Waals surface area contributed by atoms with Gasteiger partial charge >= 0.3 is 0 Å². The van der Waals surface area contributed by atoms with Crippen LogP contribution in [0.3, 0.4) is 0 Å². The number of rotatable bonds is 2. The maximum Gasteiger partial charge on any atom is 0.199 e. The fourth-order valence-electron chi connectivity index (χ4n) is 1.72. The van der Waals surface area contributed by atoms with Gasteiger partial charge < -0.3 is 0 Å². The van der Waals surface area contributed by atoms with Gasteiger partial charge in [-0.25, -0.2) is 0 Å². The summed E-state index contributed by atoms with van der Waals surface area (Å²) in [5.41, 5.74) is 2.02. The first-order valence-electron chi connectivity index (χ1n) is 5.44. The predicted octanol–water partition coefficient (Wildman–Crippen LogP) is 4.02. The lowest BCUT2D eigenvalue weighted by molar-refractivity contribution is 0.744. The van der Waals surface area contributed by atoms with Crippen LogP contribution in [0.2, 0.25) is 5.02 Å². The third-order valence-electron chi connectivity index (χ3n) is 2.56. The van der Waals surface area contributed by atoms with Gasteiger partial charge in [-0.2, -0.15) is 5.10 Å². The third-order valence-corrected chi connectivity index (χ3v) is 3.15. The van der Waals surface area contributed by atoms with Gasteiger partial charge in [-0.3, -0.25) is 9.67 Å². The van der Waals surface area contributed by atoms with Crippen molar-refractivity contribution in [1.82, 2.24) is 14.8 Å². The average Bonchev–Trinajstić information content (AvgIpc) is 2.64. The zero-order valence-electron chi connectivity index (χ0n) is 9.99. The van der Waals surface area contributed by atoms with Crippen molar-refractivity contribution in [3.05, 3.63) is 39.4 Å². The highest BCUT2D eigenvalue weighted by Crippen LogP contribution is 2.25. The van der Waals surface area contributed by atoms with E-state index in [0.29, 0.717) is 9.79 Å². The second-order valence-corrected chi connectivity index (χ2v) is 5.13. The average molecular weight is 268 g/mol. The van der Waals surface area contributed by atoms with Gasteiger partial charge in [-0.15, -0.1) is 0 Å². The maximum atomic E-state index is 6.23. The van der Waals surface area contributed by atoms with Gasteiger partial charge in [0.15, 0.2) is 4.77 Å². The number of hydrogen-bond donors (Lipinski definition) is 1. The van der Waals surface area contributed by atoms with E-state index >= 15 is 0 Å². The number of benzene rings is 1. The van der Waals surface area contributed by atoms with E-state index in [1.54, 1.807) is 0 Å². The molecule has 0 radical (unpaired) electrons. The summed E-state index contributed by atoms with van der Waals surface area (Å²) in [6.07, 6.45) is 0. The highest BCUT2D eigenvalue weighted by Gasteiger charge is 2.14. The molecule has 0 aliphatic carbocycles. The van der Waals surface area contributed by atoms with E-state index in [1.165, 1.54) is 0 Å². The van der Waals surface area contributed by atoms with Gasteiger partial charge in [0.25, 0.3) is 0 Å². The number of aromatic amines is 1. The number of hydrogen-bond acceptors (Lipinski definition) is 2. The van der Waals surface area contributed by atoms with Gasteiger partial charge in [-0.1, -0.05) is 31.5 Å². The SMILES string of the molecule is Cc1ccc(Cl)c(-n2c(C(C)C)n[nH]c2=S)c1. The molecular weight excluding hydrogens is 254 g/mol. The van der Waals surface area contributed by atoms with Crippen LogP contribution in [-0.4, -0.2) is 14.8 Å². The van der Waals surface area contributed by atoms with E-state index < -0.39 is 0 Å². The number of nitrogens with one attached hydrogen (secondary N) is 1. The van der Waals surface area contributed by atoms with Crippen molar-refractivity contribution in [2.45, 2.75) is 26.7 Å². The Bertz CT molecular complexity index is 598. The van der Waals surface area contributed by atoms with Gasteiger partial charge in [0.1, 0.15) is 5.82 Å². The van der Waals surface area contributed by atoms with E-state index in [1.807, 2.05) is 29.7 Å². The first kappa shape index (κ1) is 12.3. The first-order valence-corrected chi connectivity index (χ1v) is 6.23. The van der Waals surface area contributed by atoms with Crippen molar-refractivity contribution in [2.24, 2.45) is 0 Å². The van der Waals surface area contributed by atoms with E-state index in [2.05, 4.69) is 24.0 Å². The number of H-pyrrole nitrogens is 1. The Morgan fingerprint density at radius 2 is 2.12 bits per heavy atom. The summed E-state index contributed by atoms with van der Waals surface area (Å²) in [4.78, 5) is 0. The topological polar surface area (TPSA) is 33.6 Å². The van der Waals surface area contributed by atoms with Gasteiger partial charge in [-0.05, 0) is 36.8 Å². The molecule has 17 heavy (non-hydrogen) atoms. The van der Waals surface area contributed by atoms with Crippen molar-refractivity contribution in [2.75, 3.05) is 0 Å². The van der Waals surface area contributed by atoms with Crippen LogP contribution in [0.25, 0.3) is 5.69 Å². The normalized spacial score (nSPS) is 11.1. The molecule has 1 N–H and O–H groups in total. The molecule has 1 aromatic heterocycles. The molecule has 0 aliphatic rings. The Morgan fingerprint density at radius 1 is 1.41 bits per heavy atom. The van der Waals surface area contributed by atoms with Crippen molar-refractivity contribution in [3.63, 3.8) is 0 Å². The molecule has 0 bridgehead atoms. The van der Waals surface area contributed by atoms with Gasteiger partial charge in [0.2, 0.25) is 0 Å².